The van der Waals surface area contributed by atoms with Gasteiger partial charge in [0.1, 0.15) is 13.2 Å². The summed E-state index contributed by atoms with van der Waals surface area (Å²) in [5.41, 5.74) is 0. The van der Waals surface area contributed by atoms with E-state index in [1.165, 1.54) is 186 Å². The summed E-state index contributed by atoms with van der Waals surface area (Å²) in [4.78, 5) is 37.8. The highest BCUT2D eigenvalue weighted by Gasteiger charge is 2.19. The molecule has 0 saturated heterocycles. The molecule has 58 heavy (non-hydrogen) atoms. The smallest absolute Gasteiger partial charge is 0.306 e. The Hall–Kier alpha value is -1.59. The number of hydrogen-bond acceptors (Lipinski definition) is 6. The number of carbonyl (C=O) groups excluding carboxylic acids is 3. The Bertz CT molecular complexity index is 874. The molecule has 344 valence electrons. The van der Waals surface area contributed by atoms with Crippen LogP contribution >= 0.6 is 0 Å². The number of esters is 3. The number of ether oxygens (including phenoxy) is 3. The Morgan fingerprint density at radius 2 is 0.603 bits per heavy atom. The third-order valence-corrected chi connectivity index (χ3v) is 12.2. The van der Waals surface area contributed by atoms with Crippen LogP contribution in [-0.4, -0.2) is 37.2 Å². The van der Waals surface area contributed by atoms with E-state index in [9.17, 15) is 14.4 Å². The summed E-state index contributed by atoms with van der Waals surface area (Å²) in [5, 5.41) is 0. The van der Waals surface area contributed by atoms with Crippen molar-refractivity contribution in [3.05, 3.63) is 0 Å². The maximum Gasteiger partial charge on any atom is 0.306 e. The molecule has 6 heteroatoms. The summed E-state index contributed by atoms with van der Waals surface area (Å²) in [5.74, 6) is -0.00211. The maximum atomic E-state index is 12.7. The van der Waals surface area contributed by atoms with E-state index in [0.29, 0.717) is 19.3 Å². The Morgan fingerprint density at radius 3 is 0.897 bits per heavy atom. The van der Waals surface area contributed by atoms with Crippen LogP contribution < -0.4 is 0 Å². The van der Waals surface area contributed by atoms with Gasteiger partial charge in [-0.2, -0.15) is 0 Å². The van der Waals surface area contributed by atoms with Gasteiger partial charge in [0, 0.05) is 19.3 Å². The largest absolute Gasteiger partial charge is 0.462 e. The van der Waals surface area contributed by atoms with Gasteiger partial charge in [-0.15, -0.1) is 0 Å². The fraction of sp³-hybridized carbons (Fsp3) is 0.942. The lowest BCUT2D eigenvalue weighted by Gasteiger charge is -2.18. The van der Waals surface area contributed by atoms with Gasteiger partial charge in [0.05, 0.1) is 0 Å². The van der Waals surface area contributed by atoms with Gasteiger partial charge in [0.15, 0.2) is 6.10 Å². The van der Waals surface area contributed by atoms with Gasteiger partial charge in [-0.25, -0.2) is 0 Å². The molecule has 0 aromatic carbocycles. The van der Waals surface area contributed by atoms with Gasteiger partial charge in [-0.3, -0.25) is 14.4 Å². The molecule has 0 aromatic heterocycles. The van der Waals surface area contributed by atoms with E-state index in [1.54, 1.807) is 0 Å². The zero-order valence-corrected chi connectivity index (χ0v) is 39.5. The molecule has 0 N–H and O–H groups in total. The Labute approximate surface area is 361 Å². The molecule has 1 unspecified atom stereocenters. The van der Waals surface area contributed by atoms with E-state index >= 15 is 0 Å². The van der Waals surface area contributed by atoms with E-state index < -0.39 is 6.10 Å². The molecular weight excluding hydrogens is 721 g/mol. The predicted molar refractivity (Wildman–Crippen MR) is 247 cm³/mol. The monoisotopic (exact) mass is 821 g/mol. The summed E-state index contributed by atoms with van der Waals surface area (Å²) in [6.07, 6.45) is 48.1. The molecule has 0 aliphatic carbocycles. The zero-order chi connectivity index (χ0) is 42.4. The van der Waals surface area contributed by atoms with Crippen LogP contribution in [0.4, 0.5) is 0 Å². The van der Waals surface area contributed by atoms with E-state index in [-0.39, 0.29) is 31.1 Å². The highest BCUT2D eigenvalue weighted by atomic mass is 16.6. The minimum atomic E-state index is -0.760. The minimum absolute atomic E-state index is 0.0634. The number of hydrogen-bond donors (Lipinski definition) is 0. The summed E-state index contributed by atoms with van der Waals surface area (Å²) in [7, 11) is 0. The van der Waals surface area contributed by atoms with Gasteiger partial charge < -0.3 is 14.2 Å². The van der Waals surface area contributed by atoms with Crippen LogP contribution in [-0.2, 0) is 28.6 Å². The van der Waals surface area contributed by atoms with Gasteiger partial charge >= 0.3 is 17.9 Å². The first kappa shape index (κ1) is 56.4. The van der Waals surface area contributed by atoms with E-state index in [1.807, 2.05) is 0 Å². The average molecular weight is 821 g/mol. The normalized spacial score (nSPS) is 12.4. The molecule has 0 fully saturated rings. The Kier molecular flexibility index (Phi) is 45.2. The fourth-order valence-electron chi connectivity index (χ4n) is 7.83. The van der Waals surface area contributed by atoms with E-state index in [4.69, 9.17) is 14.2 Å². The quantitative estimate of drug-likeness (QED) is 0.0346. The molecule has 0 aliphatic heterocycles. The molecule has 0 amide bonds. The van der Waals surface area contributed by atoms with Crippen LogP contribution in [0.5, 0.6) is 0 Å². The van der Waals surface area contributed by atoms with Gasteiger partial charge in [0.25, 0.3) is 0 Å². The van der Waals surface area contributed by atoms with Crippen LogP contribution in [0.25, 0.3) is 0 Å². The fourth-order valence-corrected chi connectivity index (χ4v) is 7.83. The second-order valence-electron chi connectivity index (χ2n) is 18.1. The Balaban J connectivity index is 4.20. The van der Waals surface area contributed by atoms with E-state index in [0.717, 1.165) is 63.7 Å². The summed E-state index contributed by atoms with van der Waals surface area (Å²) in [6, 6.07) is 0. The van der Waals surface area contributed by atoms with Crippen LogP contribution in [0.1, 0.15) is 291 Å². The molecule has 0 spiro atoms. The highest BCUT2D eigenvalue weighted by molar-refractivity contribution is 5.71. The van der Waals surface area contributed by atoms with Crippen molar-refractivity contribution in [2.45, 2.75) is 297 Å². The van der Waals surface area contributed by atoms with Crippen molar-refractivity contribution in [3.63, 3.8) is 0 Å². The molecule has 0 heterocycles. The standard InChI is InChI=1S/C52H100O6/c1-5-8-10-12-14-16-17-18-19-20-21-22-23-24-25-27-31-35-39-43-50(53)56-46-49(58-52(55)45-41-37-33-26-15-13-11-9-6-2)47-57-51(54)44-40-36-32-29-28-30-34-38-42-48(4)7-3/h48-49H,5-47H2,1-4H3/t48?,49-/m1/s1. The topological polar surface area (TPSA) is 78.9 Å². The molecule has 0 aliphatic rings. The summed E-state index contributed by atoms with van der Waals surface area (Å²) < 4.78 is 16.8. The van der Waals surface area contributed by atoms with Crippen LogP contribution in [0.2, 0.25) is 0 Å². The lowest BCUT2D eigenvalue weighted by atomic mass is 9.99. The molecule has 0 aromatic rings. The SMILES string of the molecule is CCCCCCCCCCCCCCCCCCCCCC(=O)OC[C@H](COC(=O)CCCCCCCCCCC(C)CC)OC(=O)CCCCCCCCCCC. The number of carbonyl (C=O) groups is 3. The molecule has 0 saturated carbocycles. The molecule has 6 nitrogen and oxygen atoms in total. The molecule has 0 rings (SSSR count). The highest BCUT2D eigenvalue weighted by Crippen LogP contribution is 2.17. The molecule has 2 atom stereocenters. The second kappa shape index (κ2) is 46.5. The van der Waals surface area contributed by atoms with Crippen molar-refractivity contribution in [2.24, 2.45) is 5.92 Å². The molecular formula is C52H100O6. The zero-order valence-electron chi connectivity index (χ0n) is 39.5. The minimum Gasteiger partial charge on any atom is -0.462 e. The summed E-state index contributed by atoms with van der Waals surface area (Å²) >= 11 is 0. The third kappa shape index (κ3) is 44.0. The van der Waals surface area contributed by atoms with Gasteiger partial charge in [-0.1, -0.05) is 252 Å². The summed E-state index contributed by atoms with van der Waals surface area (Å²) in [6.45, 7) is 9.01. The molecule has 0 bridgehead atoms. The maximum absolute atomic E-state index is 12.7. The van der Waals surface area contributed by atoms with Crippen LogP contribution in [0.15, 0.2) is 0 Å². The van der Waals surface area contributed by atoms with Crippen LogP contribution in [0.3, 0.4) is 0 Å². The first-order valence-electron chi connectivity index (χ1n) is 25.9. The first-order chi connectivity index (χ1) is 28.4. The van der Waals surface area contributed by atoms with Crippen molar-refractivity contribution in [2.75, 3.05) is 13.2 Å². The van der Waals surface area contributed by atoms with Crippen molar-refractivity contribution < 1.29 is 28.6 Å². The van der Waals surface area contributed by atoms with Crippen molar-refractivity contribution in [3.8, 4) is 0 Å². The Morgan fingerprint density at radius 1 is 0.345 bits per heavy atom. The van der Waals surface area contributed by atoms with Gasteiger partial charge in [-0.05, 0) is 25.2 Å². The van der Waals surface area contributed by atoms with Crippen molar-refractivity contribution >= 4 is 17.9 Å². The van der Waals surface area contributed by atoms with E-state index in [2.05, 4.69) is 27.7 Å². The average Bonchev–Trinajstić information content (AvgIpc) is 3.22. The molecule has 0 radical (unpaired) electrons. The first-order valence-corrected chi connectivity index (χ1v) is 25.9. The van der Waals surface area contributed by atoms with Crippen molar-refractivity contribution in [1.82, 2.24) is 0 Å². The lowest BCUT2D eigenvalue weighted by Crippen LogP contribution is -2.30. The van der Waals surface area contributed by atoms with Crippen molar-refractivity contribution in [1.29, 1.82) is 0 Å². The predicted octanol–water partition coefficient (Wildman–Crippen LogP) is 16.7. The third-order valence-electron chi connectivity index (χ3n) is 12.2. The number of unbranched alkanes of at least 4 members (excludes halogenated alkanes) is 33. The second-order valence-corrected chi connectivity index (χ2v) is 18.1. The van der Waals surface area contributed by atoms with Crippen LogP contribution in [0, 0.1) is 5.92 Å². The lowest BCUT2D eigenvalue weighted by molar-refractivity contribution is -0.167. The number of rotatable bonds is 47. The van der Waals surface area contributed by atoms with Gasteiger partial charge in [0.2, 0.25) is 0 Å².